The molecular formula is C25H22FN5O5. The third kappa shape index (κ3) is 5.88. The number of hydrogen-bond acceptors (Lipinski definition) is 7. The van der Waals surface area contributed by atoms with Crippen molar-refractivity contribution in [2.75, 3.05) is 25.1 Å². The van der Waals surface area contributed by atoms with Crippen molar-refractivity contribution < 1.29 is 23.6 Å². The number of carbonyl (C=O) groups is 1. The third-order valence-electron chi connectivity index (χ3n) is 5.04. The summed E-state index contributed by atoms with van der Waals surface area (Å²) in [5.41, 5.74) is 1.80. The molecule has 1 amide bonds. The van der Waals surface area contributed by atoms with E-state index in [4.69, 9.17) is 9.47 Å². The van der Waals surface area contributed by atoms with Gasteiger partial charge in [0, 0.05) is 35.6 Å². The first-order valence-electron chi connectivity index (χ1n) is 11.0. The first kappa shape index (κ1) is 24.5. The van der Waals surface area contributed by atoms with Gasteiger partial charge in [-0.2, -0.15) is 4.98 Å². The van der Waals surface area contributed by atoms with Crippen LogP contribution in [0.25, 0.3) is 17.1 Å². The topological polar surface area (TPSA) is 121 Å². The minimum atomic E-state index is -0.530. The lowest BCUT2D eigenvalue weighted by Crippen LogP contribution is -2.12. The van der Waals surface area contributed by atoms with Crippen LogP contribution >= 0.6 is 0 Å². The lowest BCUT2D eigenvalue weighted by atomic mass is 10.2. The highest BCUT2D eigenvalue weighted by Crippen LogP contribution is 2.25. The van der Waals surface area contributed by atoms with Gasteiger partial charge in [0.05, 0.1) is 17.2 Å². The molecule has 3 aromatic carbocycles. The number of halogens is 1. The van der Waals surface area contributed by atoms with Gasteiger partial charge in [-0.25, -0.2) is 9.07 Å². The lowest BCUT2D eigenvalue weighted by Gasteiger charge is -2.09. The number of non-ortho nitro benzene ring substituents is 1. The molecule has 184 valence electrons. The van der Waals surface area contributed by atoms with Crippen molar-refractivity contribution >= 4 is 17.3 Å². The van der Waals surface area contributed by atoms with Crippen LogP contribution in [0.3, 0.4) is 0 Å². The average molecular weight is 491 g/mol. The molecule has 0 spiro atoms. The van der Waals surface area contributed by atoms with E-state index in [-0.39, 0.29) is 23.9 Å². The van der Waals surface area contributed by atoms with Gasteiger partial charge < -0.3 is 14.8 Å². The van der Waals surface area contributed by atoms with Crippen LogP contribution in [0.4, 0.5) is 15.8 Å². The van der Waals surface area contributed by atoms with Crippen molar-refractivity contribution in [1.29, 1.82) is 0 Å². The Balaban J connectivity index is 1.55. The standard InChI is InChI=1S/C25H22FN5O5/c1-2-35-14-15-36-25-28-23(18-4-3-5-19(26)16-18)30(29-25)21-12-8-20(9-13-21)27-24(32)17-6-10-22(11-7-17)31(33)34/h3-13,16H,2,14-15H2,1H3,(H,27,32). The van der Waals surface area contributed by atoms with Crippen LogP contribution < -0.4 is 10.1 Å². The molecule has 10 nitrogen and oxygen atoms in total. The lowest BCUT2D eigenvalue weighted by molar-refractivity contribution is -0.384. The molecular weight excluding hydrogens is 469 g/mol. The molecule has 0 saturated carbocycles. The minimum absolute atomic E-state index is 0.0981. The number of aromatic nitrogens is 3. The summed E-state index contributed by atoms with van der Waals surface area (Å²) in [4.78, 5) is 27.2. The van der Waals surface area contributed by atoms with Gasteiger partial charge in [-0.3, -0.25) is 14.9 Å². The normalized spacial score (nSPS) is 10.7. The summed E-state index contributed by atoms with van der Waals surface area (Å²) in [5.74, 6) is -0.447. The van der Waals surface area contributed by atoms with E-state index in [1.54, 1.807) is 36.4 Å². The van der Waals surface area contributed by atoms with Crippen molar-refractivity contribution in [2.24, 2.45) is 0 Å². The van der Waals surface area contributed by atoms with Gasteiger partial charge >= 0.3 is 6.01 Å². The number of carbonyl (C=O) groups excluding carboxylic acids is 1. The Bertz CT molecular complexity index is 1360. The van der Waals surface area contributed by atoms with Crippen LogP contribution in [0.1, 0.15) is 17.3 Å². The van der Waals surface area contributed by atoms with Crippen LogP contribution in [-0.2, 0) is 4.74 Å². The second-order valence-corrected chi connectivity index (χ2v) is 7.49. The van der Waals surface area contributed by atoms with Gasteiger partial charge in [0.2, 0.25) is 0 Å². The molecule has 1 N–H and O–H groups in total. The number of anilines is 1. The molecule has 0 aliphatic carbocycles. The zero-order valence-corrected chi connectivity index (χ0v) is 19.3. The Hall–Kier alpha value is -4.64. The zero-order chi connectivity index (χ0) is 25.5. The van der Waals surface area contributed by atoms with Crippen LogP contribution in [0.5, 0.6) is 6.01 Å². The van der Waals surface area contributed by atoms with E-state index >= 15 is 0 Å². The van der Waals surface area contributed by atoms with Gasteiger partial charge in [0.25, 0.3) is 11.6 Å². The van der Waals surface area contributed by atoms with Crippen LogP contribution in [0, 0.1) is 15.9 Å². The minimum Gasteiger partial charge on any atom is -0.460 e. The molecule has 11 heteroatoms. The van der Waals surface area contributed by atoms with E-state index in [1.165, 1.54) is 41.1 Å². The number of amides is 1. The summed E-state index contributed by atoms with van der Waals surface area (Å²) in [6, 6.07) is 18.2. The van der Waals surface area contributed by atoms with Crippen LogP contribution in [-0.4, -0.2) is 45.4 Å². The highest BCUT2D eigenvalue weighted by molar-refractivity contribution is 6.04. The second kappa shape index (κ2) is 11.2. The molecule has 0 saturated heterocycles. The first-order valence-corrected chi connectivity index (χ1v) is 11.0. The van der Waals surface area contributed by atoms with Crippen LogP contribution in [0.2, 0.25) is 0 Å². The van der Waals surface area contributed by atoms with E-state index in [1.807, 2.05) is 6.92 Å². The third-order valence-corrected chi connectivity index (χ3v) is 5.04. The van der Waals surface area contributed by atoms with E-state index < -0.39 is 16.6 Å². The maximum Gasteiger partial charge on any atom is 0.336 e. The Morgan fingerprint density at radius 2 is 1.83 bits per heavy atom. The average Bonchev–Trinajstić information content (AvgIpc) is 3.31. The van der Waals surface area contributed by atoms with E-state index in [0.29, 0.717) is 36.0 Å². The highest BCUT2D eigenvalue weighted by atomic mass is 19.1. The molecule has 1 heterocycles. The predicted octanol–water partition coefficient (Wildman–Crippen LogP) is 4.65. The highest BCUT2D eigenvalue weighted by Gasteiger charge is 2.16. The molecule has 4 aromatic rings. The summed E-state index contributed by atoms with van der Waals surface area (Å²) in [6.45, 7) is 3.08. The van der Waals surface area contributed by atoms with Gasteiger partial charge in [0.15, 0.2) is 5.82 Å². The Labute approximate surface area is 205 Å². The van der Waals surface area contributed by atoms with Crippen molar-refractivity contribution in [3.05, 3.63) is 94.3 Å². The summed E-state index contributed by atoms with van der Waals surface area (Å²) in [7, 11) is 0. The predicted molar refractivity (Wildman–Crippen MR) is 130 cm³/mol. The van der Waals surface area contributed by atoms with Gasteiger partial charge in [-0.1, -0.05) is 12.1 Å². The quantitative estimate of drug-likeness (QED) is 0.195. The number of nitrogens with zero attached hydrogens (tertiary/aromatic N) is 4. The SMILES string of the molecule is CCOCCOc1nc(-c2cccc(F)c2)n(-c2ccc(NC(=O)c3ccc([N+](=O)[O-])cc3)cc2)n1. The fourth-order valence-electron chi connectivity index (χ4n) is 3.31. The van der Waals surface area contributed by atoms with Gasteiger partial charge in [0.1, 0.15) is 12.4 Å². The van der Waals surface area contributed by atoms with Gasteiger partial charge in [-0.15, -0.1) is 5.10 Å². The Kier molecular flexibility index (Phi) is 7.61. The molecule has 36 heavy (non-hydrogen) atoms. The zero-order valence-electron chi connectivity index (χ0n) is 19.3. The van der Waals surface area contributed by atoms with E-state index in [9.17, 15) is 19.3 Å². The summed E-state index contributed by atoms with van der Waals surface area (Å²) < 4.78 is 26.3. The maximum absolute atomic E-state index is 13.9. The van der Waals surface area contributed by atoms with Crippen molar-refractivity contribution in [2.45, 2.75) is 6.92 Å². The molecule has 0 fully saturated rings. The monoisotopic (exact) mass is 491 g/mol. The van der Waals surface area contributed by atoms with E-state index in [0.717, 1.165) is 0 Å². The van der Waals surface area contributed by atoms with E-state index in [2.05, 4.69) is 15.4 Å². The van der Waals surface area contributed by atoms with Crippen molar-refractivity contribution in [3.63, 3.8) is 0 Å². The van der Waals surface area contributed by atoms with Crippen LogP contribution in [0.15, 0.2) is 72.8 Å². The Morgan fingerprint density at radius 1 is 1.08 bits per heavy atom. The summed E-state index contributed by atoms with van der Waals surface area (Å²) in [5, 5.41) is 17.9. The first-order chi connectivity index (χ1) is 17.4. The number of hydrogen-bond donors (Lipinski definition) is 1. The fraction of sp³-hybridized carbons (Fsp3) is 0.160. The molecule has 1 aromatic heterocycles. The smallest absolute Gasteiger partial charge is 0.336 e. The summed E-state index contributed by atoms with van der Waals surface area (Å²) >= 11 is 0. The Morgan fingerprint density at radius 3 is 2.50 bits per heavy atom. The van der Waals surface area contributed by atoms with Crippen molar-refractivity contribution in [1.82, 2.24) is 14.8 Å². The largest absolute Gasteiger partial charge is 0.460 e. The number of rotatable bonds is 10. The fourth-order valence-corrected chi connectivity index (χ4v) is 3.31. The second-order valence-electron chi connectivity index (χ2n) is 7.49. The van der Waals surface area contributed by atoms with Crippen molar-refractivity contribution in [3.8, 4) is 23.1 Å². The maximum atomic E-state index is 13.9. The molecule has 0 atom stereocenters. The summed E-state index contributed by atoms with van der Waals surface area (Å²) in [6.07, 6.45) is 0. The molecule has 0 aliphatic heterocycles. The van der Waals surface area contributed by atoms with Gasteiger partial charge in [-0.05, 0) is 55.5 Å². The number of nitrogens with one attached hydrogen (secondary N) is 1. The number of benzene rings is 3. The molecule has 0 radical (unpaired) electrons. The molecule has 0 unspecified atom stereocenters. The number of nitro benzene ring substituents is 1. The molecule has 0 aliphatic rings. The number of ether oxygens (including phenoxy) is 2. The molecule has 4 rings (SSSR count). The molecule has 0 bridgehead atoms. The number of nitro groups is 1.